The van der Waals surface area contributed by atoms with Gasteiger partial charge < -0.3 is 5.32 Å². The zero-order chi connectivity index (χ0) is 7.68. The Kier molecular flexibility index (Phi) is 2.17. The van der Waals surface area contributed by atoms with Crippen LogP contribution >= 0.6 is 0 Å². The molecule has 0 aromatic carbocycles. The first-order valence-corrected chi connectivity index (χ1v) is 5.09. The molecule has 2 rings (SSSR count). The normalized spacial score (nSPS) is 40.1. The van der Waals surface area contributed by atoms with Gasteiger partial charge in [-0.25, -0.2) is 0 Å². The summed E-state index contributed by atoms with van der Waals surface area (Å²) in [7, 11) is 0. The van der Waals surface area contributed by atoms with E-state index in [2.05, 4.69) is 12.2 Å². The van der Waals surface area contributed by atoms with E-state index in [1.807, 2.05) is 0 Å². The van der Waals surface area contributed by atoms with Crippen LogP contribution in [0.15, 0.2) is 0 Å². The van der Waals surface area contributed by atoms with E-state index in [-0.39, 0.29) is 0 Å². The highest BCUT2D eigenvalue weighted by Crippen LogP contribution is 2.33. The Hall–Kier alpha value is -0.0400. The monoisotopic (exact) mass is 153 g/mol. The van der Waals surface area contributed by atoms with Crippen LogP contribution in [0, 0.1) is 11.8 Å². The molecule has 64 valence electrons. The van der Waals surface area contributed by atoms with E-state index in [0.29, 0.717) is 0 Å². The van der Waals surface area contributed by atoms with Crippen molar-refractivity contribution in [2.24, 2.45) is 11.8 Å². The first kappa shape index (κ1) is 7.60. The second-order valence-corrected chi connectivity index (χ2v) is 4.38. The molecule has 2 unspecified atom stereocenters. The fourth-order valence-electron chi connectivity index (χ4n) is 2.35. The van der Waals surface area contributed by atoms with Crippen LogP contribution in [0.1, 0.15) is 39.0 Å². The molecule has 1 saturated heterocycles. The van der Waals surface area contributed by atoms with Gasteiger partial charge in [-0.05, 0) is 44.1 Å². The predicted octanol–water partition coefficient (Wildman–Crippen LogP) is 2.17. The molecule has 1 aliphatic carbocycles. The average Bonchev–Trinajstić information content (AvgIpc) is 1.83. The topological polar surface area (TPSA) is 12.0 Å². The van der Waals surface area contributed by atoms with E-state index in [1.165, 1.54) is 38.6 Å². The van der Waals surface area contributed by atoms with Gasteiger partial charge in [0, 0.05) is 6.04 Å². The quantitative estimate of drug-likeness (QED) is 0.609. The largest absolute Gasteiger partial charge is 0.314 e. The van der Waals surface area contributed by atoms with Crippen LogP contribution in [-0.4, -0.2) is 12.6 Å². The first-order valence-electron chi connectivity index (χ1n) is 5.09. The SMILES string of the molecule is CC1CCNC(C2CCC2)C1. The van der Waals surface area contributed by atoms with Crippen molar-refractivity contribution in [3.63, 3.8) is 0 Å². The highest BCUT2D eigenvalue weighted by molar-refractivity contribution is 4.86. The fraction of sp³-hybridized carbons (Fsp3) is 1.00. The third-order valence-electron chi connectivity index (χ3n) is 3.42. The molecule has 1 heteroatoms. The van der Waals surface area contributed by atoms with Gasteiger partial charge in [0.25, 0.3) is 0 Å². The minimum Gasteiger partial charge on any atom is -0.314 e. The van der Waals surface area contributed by atoms with Gasteiger partial charge in [-0.15, -0.1) is 0 Å². The zero-order valence-electron chi connectivity index (χ0n) is 7.47. The molecule has 1 nitrogen and oxygen atoms in total. The van der Waals surface area contributed by atoms with Crippen LogP contribution in [0.25, 0.3) is 0 Å². The van der Waals surface area contributed by atoms with Crippen molar-refractivity contribution in [3.8, 4) is 0 Å². The molecular formula is C10H19N. The fourth-order valence-corrected chi connectivity index (χ4v) is 2.35. The van der Waals surface area contributed by atoms with Crippen molar-refractivity contribution in [2.75, 3.05) is 6.54 Å². The Morgan fingerprint density at radius 1 is 1.18 bits per heavy atom. The summed E-state index contributed by atoms with van der Waals surface area (Å²) >= 11 is 0. The van der Waals surface area contributed by atoms with E-state index in [9.17, 15) is 0 Å². The Labute approximate surface area is 69.6 Å². The third kappa shape index (κ3) is 1.58. The predicted molar refractivity (Wildman–Crippen MR) is 47.5 cm³/mol. The molecule has 0 bridgehead atoms. The summed E-state index contributed by atoms with van der Waals surface area (Å²) in [6, 6.07) is 0.882. The maximum Gasteiger partial charge on any atom is 0.00978 e. The summed E-state index contributed by atoms with van der Waals surface area (Å²) in [6.45, 7) is 3.66. The van der Waals surface area contributed by atoms with Gasteiger partial charge in [0.2, 0.25) is 0 Å². The summed E-state index contributed by atoms with van der Waals surface area (Å²) < 4.78 is 0. The van der Waals surface area contributed by atoms with E-state index >= 15 is 0 Å². The minimum absolute atomic E-state index is 0.882. The van der Waals surface area contributed by atoms with Gasteiger partial charge in [0.1, 0.15) is 0 Å². The molecule has 1 N–H and O–H groups in total. The number of piperidine rings is 1. The highest BCUT2D eigenvalue weighted by Gasteiger charge is 2.29. The Balaban J connectivity index is 1.82. The summed E-state index contributed by atoms with van der Waals surface area (Å²) in [5.41, 5.74) is 0. The summed E-state index contributed by atoms with van der Waals surface area (Å²) in [5.74, 6) is 2.01. The van der Waals surface area contributed by atoms with Crippen molar-refractivity contribution in [3.05, 3.63) is 0 Å². The lowest BCUT2D eigenvalue weighted by Gasteiger charge is -2.38. The van der Waals surface area contributed by atoms with Gasteiger partial charge in [-0.2, -0.15) is 0 Å². The van der Waals surface area contributed by atoms with E-state index in [1.54, 1.807) is 0 Å². The molecule has 1 aliphatic heterocycles. The van der Waals surface area contributed by atoms with Gasteiger partial charge in [0.15, 0.2) is 0 Å². The van der Waals surface area contributed by atoms with Crippen LogP contribution < -0.4 is 5.32 Å². The minimum atomic E-state index is 0.882. The Morgan fingerprint density at radius 2 is 2.00 bits per heavy atom. The molecule has 0 amide bonds. The molecule has 2 aliphatic rings. The van der Waals surface area contributed by atoms with Crippen molar-refractivity contribution in [1.82, 2.24) is 5.32 Å². The zero-order valence-corrected chi connectivity index (χ0v) is 7.47. The molecule has 2 atom stereocenters. The smallest absolute Gasteiger partial charge is 0.00978 e. The summed E-state index contributed by atoms with van der Waals surface area (Å²) in [5, 5.41) is 3.65. The van der Waals surface area contributed by atoms with Crippen molar-refractivity contribution in [1.29, 1.82) is 0 Å². The molecule has 1 saturated carbocycles. The lowest BCUT2D eigenvalue weighted by molar-refractivity contribution is 0.175. The molecule has 11 heavy (non-hydrogen) atoms. The standard InChI is InChI=1S/C10H19N/c1-8-5-6-11-10(7-8)9-3-2-4-9/h8-11H,2-7H2,1H3. The van der Waals surface area contributed by atoms with Crippen LogP contribution in [0.4, 0.5) is 0 Å². The van der Waals surface area contributed by atoms with Crippen LogP contribution in [0.3, 0.4) is 0 Å². The second-order valence-electron chi connectivity index (χ2n) is 4.38. The maximum atomic E-state index is 3.65. The van der Waals surface area contributed by atoms with Gasteiger partial charge in [0.05, 0.1) is 0 Å². The maximum absolute atomic E-state index is 3.65. The van der Waals surface area contributed by atoms with Crippen molar-refractivity contribution < 1.29 is 0 Å². The molecule has 0 spiro atoms. The number of rotatable bonds is 1. The molecule has 0 aromatic heterocycles. The second kappa shape index (κ2) is 3.14. The van der Waals surface area contributed by atoms with E-state index in [0.717, 1.165) is 17.9 Å². The highest BCUT2D eigenvalue weighted by atomic mass is 14.9. The molecule has 1 heterocycles. The third-order valence-corrected chi connectivity index (χ3v) is 3.42. The molecular weight excluding hydrogens is 134 g/mol. The van der Waals surface area contributed by atoms with E-state index in [4.69, 9.17) is 0 Å². The van der Waals surface area contributed by atoms with Crippen LogP contribution in [0.5, 0.6) is 0 Å². The summed E-state index contributed by atoms with van der Waals surface area (Å²) in [6.07, 6.45) is 7.29. The average molecular weight is 153 g/mol. The number of hydrogen-bond donors (Lipinski definition) is 1. The number of hydrogen-bond acceptors (Lipinski definition) is 1. The van der Waals surface area contributed by atoms with Gasteiger partial charge in [-0.1, -0.05) is 13.3 Å². The summed E-state index contributed by atoms with van der Waals surface area (Å²) in [4.78, 5) is 0. The lowest BCUT2D eigenvalue weighted by Crippen LogP contribution is -2.44. The van der Waals surface area contributed by atoms with Gasteiger partial charge in [-0.3, -0.25) is 0 Å². The van der Waals surface area contributed by atoms with Crippen molar-refractivity contribution in [2.45, 2.75) is 45.1 Å². The van der Waals surface area contributed by atoms with Crippen molar-refractivity contribution >= 4 is 0 Å². The van der Waals surface area contributed by atoms with E-state index < -0.39 is 0 Å². The Morgan fingerprint density at radius 3 is 2.55 bits per heavy atom. The van der Waals surface area contributed by atoms with Crippen LogP contribution in [0.2, 0.25) is 0 Å². The van der Waals surface area contributed by atoms with Crippen LogP contribution in [-0.2, 0) is 0 Å². The van der Waals surface area contributed by atoms with Gasteiger partial charge >= 0.3 is 0 Å². The first-order chi connectivity index (χ1) is 5.36. The molecule has 0 aromatic rings. The number of nitrogens with one attached hydrogen (secondary N) is 1. The molecule has 2 fully saturated rings. The molecule has 0 radical (unpaired) electrons. The lowest BCUT2D eigenvalue weighted by atomic mass is 9.75. The Bertz CT molecular complexity index is 129.